The van der Waals surface area contributed by atoms with Crippen LogP contribution in [0.15, 0.2) is 0 Å². The Morgan fingerprint density at radius 3 is 2.56 bits per heavy atom. The van der Waals surface area contributed by atoms with E-state index in [-0.39, 0.29) is 11.9 Å². The van der Waals surface area contributed by atoms with Gasteiger partial charge in [0, 0.05) is 25.6 Å². The standard InChI is InChI=1S/C12H23N3O/c1-12(3-5-14(2)6-4-12)9-15-8-10(13)7-11(15)16/h10H,3-9,13H2,1-2H3. The smallest absolute Gasteiger partial charge is 0.224 e. The van der Waals surface area contributed by atoms with Gasteiger partial charge in [-0.3, -0.25) is 4.79 Å². The fraction of sp³-hybridized carbons (Fsp3) is 0.917. The highest BCUT2D eigenvalue weighted by molar-refractivity contribution is 5.79. The molecule has 2 heterocycles. The van der Waals surface area contributed by atoms with Gasteiger partial charge < -0.3 is 15.5 Å². The molecule has 0 saturated carbocycles. The predicted molar refractivity (Wildman–Crippen MR) is 64.0 cm³/mol. The van der Waals surface area contributed by atoms with Crippen LogP contribution < -0.4 is 5.73 Å². The summed E-state index contributed by atoms with van der Waals surface area (Å²) >= 11 is 0. The topological polar surface area (TPSA) is 49.6 Å². The molecule has 2 fully saturated rings. The molecule has 0 aliphatic carbocycles. The van der Waals surface area contributed by atoms with Crippen LogP contribution in [0.2, 0.25) is 0 Å². The zero-order valence-corrected chi connectivity index (χ0v) is 10.4. The van der Waals surface area contributed by atoms with Gasteiger partial charge in [-0.15, -0.1) is 0 Å². The number of amides is 1. The molecule has 4 nitrogen and oxygen atoms in total. The first-order chi connectivity index (χ1) is 7.48. The normalized spacial score (nSPS) is 31.1. The van der Waals surface area contributed by atoms with E-state index in [4.69, 9.17) is 5.73 Å². The Balaban J connectivity index is 1.91. The van der Waals surface area contributed by atoms with E-state index in [2.05, 4.69) is 18.9 Å². The summed E-state index contributed by atoms with van der Waals surface area (Å²) in [7, 11) is 2.16. The van der Waals surface area contributed by atoms with E-state index in [1.165, 1.54) is 12.8 Å². The summed E-state index contributed by atoms with van der Waals surface area (Å²) in [5, 5.41) is 0. The number of piperidine rings is 1. The van der Waals surface area contributed by atoms with Crippen LogP contribution in [0.3, 0.4) is 0 Å². The Bertz CT molecular complexity index is 271. The molecular weight excluding hydrogens is 202 g/mol. The third-order valence-corrected chi connectivity index (χ3v) is 4.01. The second-order valence-corrected chi connectivity index (χ2v) is 5.85. The summed E-state index contributed by atoms with van der Waals surface area (Å²) in [6, 6.07) is 0.0577. The molecule has 1 amide bonds. The average molecular weight is 225 g/mol. The van der Waals surface area contributed by atoms with Gasteiger partial charge in [-0.25, -0.2) is 0 Å². The number of nitrogens with zero attached hydrogens (tertiary/aromatic N) is 2. The SMILES string of the molecule is CN1CCC(C)(CN2CC(N)CC2=O)CC1. The van der Waals surface area contributed by atoms with Gasteiger partial charge in [0.15, 0.2) is 0 Å². The molecular formula is C12H23N3O. The maximum Gasteiger partial charge on any atom is 0.224 e. The lowest BCUT2D eigenvalue weighted by Crippen LogP contribution is -2.44. The minimum Gasteiger partial charge on any atom is -0.341 e. The van der Waals surface area contributed by atoms with Crippen LogP contribution >= 0.6 is 0 Å². The van der Waals surface area contributed by atoms with Gasteiger partial charge in [-0.05, 0) is 38.4 Å². The van der Waals surface area contributed by atoms with E-state index in [9.17, 15) is 4.79 Å². The van der Waals surface area contributed by atoms with Crippen LogP contribution in [-0.2, 0) is 4.79 Å². The van der Waals surface area contributed by atoms with E-state index in [0.717, 1.165) is 26.2 Å². The Morgan fingerprint density at radius 2 is 2.06 bits per heavy atom. The molecule has 0 radical (unpaired) electrons. The number of hydrogen-bond donors (Lipinski definition) is 1. The molecule has 0 aromatic heterocycles. The fourth-order valence-electron chi connectivity index (χ4n) is 2.73. The maximum atomic E-state index is 11.7. The molecule has 2 aliphatic rings. The predicted octanol–water partition coefficient (Wildman–Crippen LogP) is 0.278. The Labute approximate surface area is 97.8 Å². The number of carbonyl (C=O) groups excluding carboxylic acids is 1. The van der Waals surface area contributed by atoms with Crippen LogP contribution in [0, 0.1) is 5.41 Å². The maximum absolute atomic E-state index is 11.7. The molecule has 2 saturated heterocycles. The van der Waals surface area contributed by atoms with Crippen molar-refractivity contribution in [1.29, 1.82) is 0 Å². The van der Waals surface area contributed by atoms with E-state index in [1.54, 1.807) is 0 Å². The highest BCUT2D eigenvalue weighted by atomic mass is 16.2. The minimum absolute atomic E-state index is 0.0577. The summed E-state index contributed by atoms with van der Waals surface area (Å²) in [6.07, 6.45) is 2.90. The fourth-order valence-corrected chi connectivity index (χ4v) is 2.73. The van der Waals surface area contributed by atoms with Crippen molar-refractivity contribution in [3.8, 4) is 0 Å². The molecule has 2 aliphatic heterocycles. The van der Waals surface area contributed by atoms with Gasteiger partial charge in [0.1, 0.15) is 0 Å². The molecule has 1 unspecified atom stereocenters. The molecule has 0 spiro atoms. The molecule has 4 heteroatoms. The lowest BCUT2D eigenvalue weighted by molar-refractivity contribution is -0.129. The Morgan fingerprint density at radius 1 is 1.44 bits per heavy atom. The summed E-state index contributed by atoms with van der Waals surface area (Å²) < 4.78 is 0. The molecule has 92 valence electrons. The van der Waals surface area contributed by atoms with E-state index in [1.807, 2.05) is 4.90 Å². The van der Waals surface area contributed by atoms with Gasteiger partial charge in [-0.1, -0.05) is 6.92 Å². The van der Waals surface area contributed by atoms with Crippen LogP contribution in [0.5, 0.6) is 0 Å². The summed E-state index contributed by atoms with van der Waals surface area (Å²) in [5.41, 5.74) is 6.11. The quantitative estimate of drug-likeness (QED) is 0.734. The van der Waals surface area contributed by atoms with Crippen LogP contribution in [0.1, 0.15) is 26.2 Å². The molecule has 16 heavy (non-hydrogen) atoms. The van der Waals surface area contributed by atoms with Gasteiger partial charge in [0.25, 0.3) is 0 Å². The van der Waals surface area contributed by atoms with E-state index in [0.29, 0.717) is 11.8 Å². The lowest BCUT2D eigenvalue weighted by Gasteiger charge is -2.40. The van der Waals surface area contributed by atoms with Crippen LogP contribution in [0.4, 0.5) is 0 Å². The Hall–Kier alpha value is -0.610. The second kappa shape index (κ2) is 4.34. The van der Waals surface area contributed by atoms with Crippen molar-refractivity contribution in [2.24, 2.45) is 11.1 Å². The number of rotatable bonds is 2. The number of carbonyl (C=O) groups is 1. The van der Waals surface area contributed by atoms with Crippen LogP contribution in [-0.4, -0.2) is 55.0 Å². The van der Waals surface area contributed by atoms with Crippen molar-refractivity contribution in [3.05, 3.63) is 0 Å². The molecule has 2 N–H and O–H groups in total. The second-order valence-electron chi connectivity index (χ2n) is 5.85. The van der Waals surface area contributed by atoms with Crippen molar-refractivity contribution in [1.82, 2.24) is 9.80 Å². The third-order valence-electron chi connectivity index (χ3n) is 4.01. The highest BCUT2D eigenvalue weighted by Gasteiger charge is 2.35. The number of likely N-dealkylation sites (tertiary alicyclic amines) is 2. The number of nitrogens with two attached hydrogens (primary N) is 1. The zero-order chi connectivity index (χ0) is 11.8. The van der Waals surface area contributed by atoms with Gasteiger partial charge in [0.2, 0.25) is 5.91 Å². The first kappa shape index (κ1) is 11.9. The summed E-state index contributed by atoms with van der Waals surface area (Å²) in [6.45, 7) is 6.24. The van der Waals surface area contributed by atoms with Gasteiger partial charge in [0.05, 0.1) is 0 Å². The zero-order valence-electron chi connectivity index (χ0n) is 10.4. The first-order valence-corrected chi connectivity index (χ1v) is 6.20. The molecule has 0 aromatic rings. The molecule has 0 bridgehead atoms. The van der Waals surface area contributed by atoms with Crippen molar-refractivity contribution in [2.75, 3.05) is 33.2 Å². The van der Waals surface area contributed by atoms with Crippen molar-refractivity contribution >= 4 is 5.91 Å². The monoisotopic (exact) mass is 225 g/mol. The molecule has 1 atom stereocenters. The minimum atomic E-state index is 0.0577. The molecule has 2 rings (SSSR count). The van der Waals surface area contributed by atoms with Crippen LogP contribution in [0.25, 0.3) is 0 Å². The third kappa shape index (κ3) is 2.55. The van der Waals surface area contributed by atoms with E-state index >= 15 is 0 Å². The number of hydrogen-bond acceptors (Lipinski definition) is 3. The first-order valence-electron chi connectivity index (χ1n) is 6.20. The lowest BCUT2D eigenvalue weighted by atomic mass is 9.80. The highest BCUT2D eigenvalue weighted by Crippen LogP contribution is 2.32. The summed E-state index contributed by atoms with van der Waals surface area (Å²) in [4.78, 5) is 16.0. The van der Waals surface area contributed by atoms with Crippen molar-refractivity contribution in [2.45, 2.75) is 32.2 Å². The average Bonchev–Trinajstić information content (AvgIpc) is 2.51. The van der Waals surface area contributed by atoms with Crippen molar-refractivity contribution in [3.63, 3.8) is 0 Å². The van der Waals surface area contributed by atoms with Gasteiger partial charge >= 0.3 is 0 Å². The van der Waals surface area contributed by atoms with E-state index < -0.39 is 0 Å². The largest absolute Gasteiger partial charge is 0.341 e. The van der Waals surface area contributed by atoms with Crippen molar-refractivity contribution < 1.29 is 4.79 Å². The van der Waals surface area contributed by atoms with Gasteiger partial charge in [-0.2, -0.15) is 0 Å². The summed E-state index contributed by atoms with van der Waals surface area (Å²) in [5.74, 6) is 0.243. The molecule has 0 aromatic carbocycles. The Kier molecular flexibility index (Phi) is 3.22.